The molecule has 5 heteroatoms. The van der Waals surface area contributed by atoms with Crippen molar-refractivity contribution < 1.29 is 18.7 Å². The Kier molecular flexibility index (Phi) is 3.53. The topological polar surface area (TPSA) is 55.4 Å². The van der Waals surface area contributed by atoms with Crippen molar-refractivity contribution in [1.82, 2.24) is 5.32 Å². The number of amides is 2. The summed E-state index contributed by atoms with van der Waals surface area (Å²) in [5.74, 6) is -1.45. The van der Waals surface area contributed by atoms with Gasteiger partial charge in [0, 0.05) is 13.0 Å². The van der Waals surface area contributed by atoms with Gasteiger partial charge < -0.3 is 4.74 Å². The molecule has 3 unspecified atom stereocenters. The molecule has 1 aromatic rings. The number of hydrogen-bond donors (Lipinski definition) is 1. The number of benzene rings is 1. The molecule has 2 fully saturated rings. The summed E-state index contributed by atoms with van der Waals surface area (Å²) in [6, 6.07) is 6.10. The minimum Gasteiger partial charge on any atom is -0.378 e. The lowest BCUT2D eigenvalue weighted by molar-refractivity contribution is -0.146. The van der Waals surface area contributed by atoms with E-state index in [1.54, 1.807) is 12.1 Å². The van der Waals surface area contributed by atoms with Crippen LogP contribution >= 0.6 is 0 Å². The third kappa shape index (κ3) is 2.58. The second-order valence-corrected chi connectivity index (χ2v) is 6.08. The quantitative estimate of drug-likeness (QED) is 0.807. The molecule has 2 aliphatic rings. The summed E-state index contributed by atoms with van der Waals surface area (Å²) >= 11 is 0. The zero-order chi connectivity index (χ0) is 15.0. The molecule has 0 bridgehead atoms. The first-order valence-electron chi connectivity index (χ1n) is 7.21. The third-order valence-corrected chi connectivity index (χ3v) is 4.53. The fourth-order valence-electron chi connectivity index (χ4n) is 3.76. The van der Waals surface area contributed by atoms with Crippen molar-refractivity contribution in [2.45, 2.75) is 38.2 Å². The number of nitrogens with one attached hydrogen (secondary N) is 1. The van der Waals surface area contributed by atoms with Gasteiger partial charge in [0.1, 0.15) is 5.82 Å². The average molecular weight is 291 g/mol. The van der Waals surface area contributed by atoms with E-state index < -0.39 is 11.3 Å². The molecular formula is C16H18FNO3. The van der Waals surface area contributed by atoms with Gasteiger partial charge in [-0.05, 0) is 42.9 Å². The Balaban J connectivity index is 2.04. The summed E-state index contributed by atoms with van der Waals surface area (Å²) in [4.78, 5) is 24.3. The van der Waals surface area contributed by atoms with Crippen molar-refractivity contribution in [2.75, 3.05) is 6.61 Å². The maximum atomic E-state index is 13.5. The van der Waals surface area contributed by atoms with Gasteiger partial charge in [0.15, 0.2) is 0 Å². The van der Waals surface area contributed by atoms with Crippen LogP contribution in [0.25, 0.3) is 0 Å². The van der Waals surface area contributed by atoms with Crippen LogP contribution < -0.4 is 5.32 Å². The molecule has 0 radical (unpaired) electrons. The van der Waals surface area contributed by atoms with Gasteiger partial charge in [0.05, 0.1) is 12.0 Å². The molecule has 1 spiro atoms. The van der Waals surface area contributed by atoms with Crippen LogP contribution in [0.1, 0.15) is 37.7 Å². The number of imide groups is 1. The lowest BCUT2D eigenvalue weighted by atomic mass is 9.62. The lowest BCUT2D eigenvalue weighted by Gasteiger charge is -2.47. The maximum Gasteiger partial charge on any atom is 0.234 e. The molecule has 112 valence electrons. The van der Waals surface area contributed by atoms with Gasteiger partial charge in [0.2, 0.25) is 11.8 Å². The zero-order valence-electron chi connectivity index (χ0n) is 11.9. The van der Waals surface area contributed by atoms with Crippen LogP contribution in [0.15, 0.2) is 24.3 Å². The van der Waals surface area contributed by atoms with Crippen molar-refractivity contribution in [2.24, 2.45) is 5.41 Å². The van der Waals surface area contributed by atoms with E-state index in [1.165, 1.54) is 12.1 Å². The molecule has 2 saturated heterocycles. The van der Waals surface area contributed by atoms with E-state index >= 15 is 0 Å². The Morgan fingerprint density at radius 3 is 2.90 bits per heavy atom. The van der Waals surface area contributed by atoms with Crippen LogP contribution in [-0.2, 0) is 14.3 Å². The van der Waals surface area contributed by atoms with Crippen molar-refractivity contribution in [3.05, 3.63) is 35.6 Å². The van der Waals surface area contributed by atoms with E-state index in [4.69, 9.17) is 4.74 Å². The SMILES string of the molecule is CC1CC2(CCO1)CC(=O)NC(=O)C2c1cccc(F)c1. The Morgan fingerprint density at radius 1 is 1.38 bits per heavy atom. The molecule has 1 aromatic carbocycles. The van der Waals surface area contributed by atoms with E-state index in [-0.39, 0.29) is 30.2 Å². The van der Waals surface area contributed by atoms with Crippen molar-refractivity contribution >= 4 is 11.8 Å². The predicted octanol–water partition coefficient (Wildman–Crippen LogP) is 2.14. The van der Waals surface area contributed by atoms with E-state index in [9.17, 15) is 14.0 Å². The normalized spacial score (nSPS) is 33.0. The van der Waals surface area contributed by atoms with Gasteiger partial charge in [-0.2, -0.15) is 0 Å². The van der Waals surface area contributed by atoms with Gasteiger partial charge in [-0.25, -0.2) is 4.39 Å². The van der Waals surface area contributed by atoms with Crippen LogP contribution in [0.5, 0.6) is 0 Å². The minimum absolute atomic E-state index is 0.00601. The van der Waals surface area contributed by atoms with E-state index in [0.717, 1.165) is 0 Å². The second kappa shape index (κ2) is 5.22. The summed E-state index contributed by atoms with van der Waals surface area (Å²) in [6.07, 6.45) is 1.55. The molecule has 0 aromatic heterocycles. The molecule has 0 saturated carbocycles. The number of ether oxygens (including phenoxy) is 1. The van der Waals surface area contributed by atoms with E-state index in [0.29, 0.717) is 25.0 Å². The van der Waals surface area contributed by atoms with Crippen molar-refractivity contribution in [1.29, 1.82) is 0 Å². The molecule has 3 atom stereocenters. The first-order valence-corrected chi connectivity index (χ1v) is 7.21. The van der Waals surface area contributed by atoms with E-state index in [2.05, 4.69) is 5.32 Å². The molecule has 2 heterocycles. The van der Waals surface area contributed by atoms with Gasteiger partial charge in [-0.3, -0.25) is 14.9 Å². The van der Waals surface area contributed by atoms with Crippen molar-refractivity contribution in [3.8, 4) is 0 Å². The first-order chi connectivity index (χ1) is 10.00. The average Bonchev–Trinajstić information content (AvgIpc) is 2.37. The maximum absolute atomic E-state index is 13.5. The van der Waals surface area contributed by atoms with Crippen molar-refractivity contribution in [3.63, 3.8) is 0 Å². The number of piperidine rings is 1. The summed E-state index contributed by atoms with van der Waals surface area (Å²) in [5, 5.41) is 2.39. The van der Waals surface area contributed by atoms with Crippen LogP contribution in [0.4, 0.5) is 4.39 Å². The summed E-state index contributed by atoms with van der Waals surface area (Å²) in [5.41, 5.74) is 0.166. The monoisotopic (exact) mass is 291 g/mol. The highest BCUT2D eigenvalue weighted by Crippen LogP contribution is 2.50. The van der Waals surface area contributed by atoms with Gasteiger partial charge >= 0.3 is 0 Å². The summed E-state index contributed by atoms with van der Waals surface area (Å²) < 4.78 is 19.1. The smallest absolute Gasteiger partial charge is 0.234 e. The number of halogens is 1. The Hall–Kier alpha value is -1.75. The number of rotatable bonds is 1. The third-order valence-electron chi connectivity index (χ3n) is 4.53. The van der Waals surface area contributed by atoms with E-state index in [1.807, 2.05) is 6.92 Å². The fraction of sp³-hybridized carbons (Fsp3) is 0.500. The Morgan fingerprint density at radius 2 is 2.19 bits per heavy atom. The first kappa shape index (κ1) is 14.2. The fourth-order valence-corrected chi connectivity index (χ4v) is 3.76. The highest BCUT2D eigenvalue weighted by molar-refractivity contribution is 6.02. The highest BCUT2D eigenvalue weighted by Gasteiger charge is 2.51. The van der Waals surface area contributed by atoms with Gasteiger partial charge in [-0.15, -0.1) is 0 Å². The van der Waals surface area contributed by atoms with Crippen LogP contribution in [0.3, 0.4) is 0 Å². The Bertz CT molecular complexity index is 589. The zero-order valence-corrected chi connectivity index (χ0v) is 11.9. The van der Waals surface area contributed by atoms with Gasteiger partial charge in [0.25, 0.3) is 0 Å². The molecule has 2 amide bonds. The molecule has 3 rings (SSSR count). The molecule has 0 aliphatic carbocycles. The minimum atomic E-state index is -0.503. The molecule has 4 nitrogen and oxygen atoms in total. The van der Waals surface area contributed by atoms with Crippen LogP contribution in [-0.4, -0.2) is 24.5 Å². The number of hydrogen-bond acceptors (Lipinski definition) is 3. The standard InChI is InChI=1S/C16H18FNO3/c1-10-8-16(5-6-21-10)9-13(19)18-15(20)14(16)11-3-2-4-12(17)7-11/h2-4,7,10,14H,5-6,8-9H2,1H3,(H,18,19,20). The Labute approximate surface area is 122 Å². The van der Waals surface area contributed by atoms with Crippen LogP contribution in [0.2, 0.25) is 0 Å². The number of carbonyl (C=O) groups excluding carboxylic acids is 2. The van der Waals surface area contributed by atoms with Crippen LogP contribution in [0, 0.1) is 11.2 Å². The summed E-state index contributed by atoms with van der Waals surface area (Å²) in [7, 11) is 0. The summed E-state index contributed by atoms with van der Waals surface area (Å²) in [6.45, 7) is 2.47. The second-order valence-electron chi connectivity index (χ2n) is 6.08. The molecule has 2 aliphatic heterocycles. The number of carbonyl (C=O) groups is 2. The van der Waals surface area contributed by atoms with Gasteiger partial charge in [-0.1, -0.05) is 12.1 Å². The predicted molar refractivity (Wildman–Crippen MR) is 74.0 cm³/mol. The molecular weight excluding hydrogens is 273 g/mol. The highest BCUT2D eigenvalue weighted by atomic mass is 19.1. The largest absolute Gasteiger partial charge is 0.378 e. The molecule has 21 heavy (non-hydrogen) atoms. The lowest BCUT2D eigenvalue weighted by Crippen LogP contribution is -2.53. The molecule has 1 N–H and O–H groups in total.